The first-order chi connectivity index (χ1) is 19.9. The first-order valence-electron chi connectivity index (χ1n) is 13.4. The number of carbonyl (C=O) groups is 3. The number of nitrogens with zero attached hydrogens (tertiary/aromatic N) is 1. The van der Waals surface area contributed by atoms with Crippen LogP contribution in [0.25, 0.3) is 0 Å². The van der Waals surface area contributed by atoms with E-state index >= 15 is 0 Å². The smallest absolute Gasteiger partial charge is 0.410 e. The molecule has 12 heteroatoms. The third-order valence-corrected chi connectivity index (χ3v) is 8.19. The second kappa shape index (κ2) is 15.3. The van der Waals surface area contributed by atoms with Crippen molar-refractivity contribution >= 4 is 40.8 Å². The predicted octanol–water partition coefficient (Wildman–Crippen LogP) is 5.84. The van der Waals surface area contributed by atoms with Crippen molar-refractivity contribution in [1.29, 1.82) is 0 Å². The molecule has 2 atom stereocenters. The van der Waals surface area contributed by atoms with Gasteiger partial charge in [0.15, 0.2) is 11.5 Å². The van der Waals surface area contributed by atoms with E-state index in [0.717, 1.165) is 22.6 Å². The van der Waals surface area contributed by atoms with E-state index in [0.29, 0.717) is 36.6 Å². The van der Waals surface area contributed by atoms with Gasteiger partial charge in [0.1, 0.15) is 6.61 Å². The quantitative estimate of drug-likeness (QED) is 0.223. The molecular weight excluding hydrogens is 566 g/mol. The van der Waals surface area contributed by atoms with Gasteiger partial charge < -0.3 is 29.6 Å². The molecular formula is C29H35N3O7S2. The number of thiophene rings is 2. The van der Waals surface area contributed by atoms with Crippen molar-refractivity contribution in [3.05, 3.63) is 68.5 Å². The molecule has 41 heavy (non-hydrogen) atoms. The van der Waals surface area contributed by atoms with Gasteiger partial charge in [0.2, 0.25) is 6.79 Å². The van der Waals surface area contributed by atoms with Crippen LogP contribution in [0.4, 0.5) is 9.59 Å². The Labute approximate surface area is 247 Å². The van der Waals surface area contributed by atoms with Crippen molar-refractivity contribution in [3.8, 4) is 11.5 Å². The normalized spacial score (nSPS) is 13.2. The number of esters is 1. The molecule has 0 saturated heterocycles. The summed E-state index contributed by atoms with van der Waals surface area (Å²) in [6, 6.07) is 11.6. The number of hydrogen-bond donors (Lipinski definition) is 2. The van der Waals surface area contributed by atoms with E-state index in [4.69, 9.17) is 18.9 Å². The maximum Gasteiger partial charge on any atom is 0.410 e. The molecule has 1 aromatic carbocycles. The van der Waals surface area contributed by atoms with Gasteiger partial charge in [-0.3, -0.25) is 9.69 Å². The summed E-state index contributed by atoms with van der Waals surface area (Å²) in [5, 5.41) is 9.76. The summed E-state index contributed by atoms with van der Waals surface area (Å²) in [7, 11) is 1.30. The van der Waals surface area contributed by atoms with E-state index in [2.05, 4.69) is 17.6 Å². The molecule has 3 aromatic rings. The highest BCUT2D eigenvalue weighted by molar-refractivity contribution is 7.10. The van der Waals surface area contributed by atoms with Gasteiger partial charge in [0.05, 0.1) is 38.7 Å². The summed E-state index contributed by atoms with van der Waals surface area (Å²) in [6.07, 6.45) is 1.86. The fourth-order valence-electron chi connectivity index (χ4n) is 4.29. The fourth-order valence-corrected chi connectivity index (χ4v) is 5.73. The molecule has 220 valence electrons. The van der Waals surface area contributed by atoms with Gasteiger partial charge in [-0.25, -0.2) is 9.59 Å². The van der Waals surface area contributed by atoms with Crippen molar-refractivity contribution in [3.63, 3.8) is 0 Å². The largest absolute Gasteiger partial charge is 0.469 e. The number of nitrogens with one attached hydrogen (secondary N) is 2. The zero-order chi connectivity index (χ0) is 29.0. The van der Waals surface area contributed by atoms with Crippen molar-refractivity contribution in [2.75, 3.05) is 20.5 Å². The van der Waals surface area contributed by atoms with Crippen LogP contribution in [0.15, 0.2) is 53.2 Å². The number of carbonyl (C=O) groups excluding carboxylic acids is 3. The molecule has 0 fully saturated rings. The molecule has 2 aromatic heterocycles. The fraction of sp³-hybridized carbons (Fsp3) is 0.414. The van der Waals surface area contributed by atoms with Crippen molar-refractivity contribution < 1.29 is 33.3 Å². The van der Waals surface area contributed by atoms with Crippen molar-refractivity contribution in [2.45, 2.75) is 57.8 Å². The van der Waals surface area contributed by atoms with E-state index in [1.54, 1.807) is 45.8 Å². The lowest BCUT2D eigenvalue weighted by Crippen LogP contribution is -2.46. The SMILES string of the molecule is CCCC[C@H](COC(=O)N(Cc1cccs1)Cc1cccs1)NC(=O)N[C@@H](CC(=O)OC)c1ccc2c(c1)OCO2. The summed E-state index contributed by atoms with van der Waals surface area (Å²) < 4.78 is 21.4. The molecule has 10 nitrogen and oxygen atoms in total. The van der Waals surface area contributed by atoms with Gasteiger partial charge in [-0.1, -0.05) is 38.0 Å². The van der Waals surface area contributed by atoms with Crippen LogP contribution in [0.5, 0.6) is 11.5 Å². The van der Waals surface area contributed by atoms with Crippen LogP contribution in [0.2, 0.25) is 0 Å². The maximum absolute atomic E-state index is 13.2. The Morgan fingerprint density at radius 1 is 1.00 bits per heavy atom. The Balaban J connectivity index is 1.39. The van der Waals surface area contributed by atoms with Gasteiger partial charge in [-0.2, -0.15) is 0 Å². The van der Waals surface area contributed by atoms with E-state index in [-0.39, 0.29) is 19.8 Å². The van der Waals surface area contributed by atoms with Crippen molar-refractivity contribution in [1.82, 2.24) is 15.5 Å². The second-order valence-electron chi connectivity index (χ2n) is 9.49. The number of fused-ring (bicyclic) bond motifs is 1. The lowest BCUT2D eigenvalue weighted by Gasteiger charge is -2.25. The molecule has 0 bridgehead atoms. The van der Waals surface area contributed by atoms with Gasteiger partial charge in [-0.15, -0.1) is 22.7 Å². The van der Waals surface area contributed by atoms with Gasteiger partial charge in [0, 0.05) is 9.75 Å². The summed E-state index contributed by atoms with van der Waals surface area (Å²) in [5.74, 6) is 0.673. The molecule has 0 spiro atoms. The van der Waals surface area contributed by atoms with Crippen LogP contribution in [0, 0.1) is 0 Å². The van der Waals surface area contributed by atoms with E-state index in [1.807, 2.05) is 35.0 Å². The lowest BCUT2D eigenvalue weighted by molar-refractivity contribution is -0.141. The molecule has 3 amide bonds. The maximum atomic E-state index is 13.2. The standard InChI is InChI=1S/C29H35N3O7S2/c1-3-4-7-21(18-37-29(35)32(16-22-8-5-12-40-22)17-23-9-6-13-41-23)30-28(34)31-24(15-27(33)36-2)20-10-11-25-26(14-20)39-19-38-25/h5-6,8-14,21,24H,3-4,7,15-19H2,1-2H3,(H2,30,31,34)/t21-,24+/m1/s1. The number of methoxy groups -OCH3 is 1. The number of benzene rings is 1. The van der Waals surface area contributed by atoms with Gasteiger partial charge in [-0.05, 0) is 47.0 Å². The minimum Gasteiger partial charge on any atom is -0.469 e. The molecule has 1 aliphatic heterocycles. The van der Waals surface area contributed by atoms with E-state index in [9.17, 15) is 14.4 Å². The minimum atomic E-state index is -0.668. The number of amides is 3. The van der Waals surface area contributed by atoms with Crippen LogP contribution >= 0.6 is 22.7 Å². The highest BCUT2D eigenvalue weighted by atomic mass is 32.1. The number of hydrogen-bond acceptors (Lipinski definition) is 9. The molecule has 0 unspecified atom stereocenters. The van der Waals surface area contributed by atoms with Crippen LogP contribution in [0.1, 0.15) is 54.0 Å². The Bertz CT molecular complexity index is 1230. The molecule has 3 heterocycles. The highest BCUT2D eigenvalue weighted by Gasteiger charge is 2.25. The van der Waals surface area contributed by atoms with Crippen LogP contribution in [-0.4, -0.2) is 49.5 Å². The monoisotopic (exact) mass is 601 g/mol. The van der Waals surface area contributed by atoms with Gasteiger partial charge >= 0.3 is 18.1 Å². The number of unbranched alkanes of at least 4 members (excludes halogenated alkanes) is 1. The number of urea groups is 1. The molecule has 0 saturated carbocycles. The highest BCUT2D eigenvalue weighted by Crippen LogP contribution is 2.35. The van der Waals surface area contributed by atoms with E-state index < -0.39 is 30.2 Å². The van der Waals surface area contributed by atoms with Gasteiger partial charge in [0.25, 0.3) is 0 Å². The Morgan fingerprint density at radius 2 is 1.71 bits per heavy atom. The first kappa shape index (κ1) is 30.2. The number of rotatable bonds is 14. The zero-order valence-electron chi connectivity index (χ0n) is 23.1. The Kier molecular flexibility index (Phi) is 11.3. The molecule has 0 aliphatic carbocycles. The second-order valence-corrected chi connectivity index (χ2v) is 11.6. The third-order valence-electron chi connectivity index (χ3n) is 6.46. The molecule has 4 rings (SSSR count). The van der Waals surface area contributed by atoms with Crippen LogP contribution < -0.4 is 20.1 Å². The van der Waals surface area contributed by atoms with Crippen LogP contribution in [0.3, 0.4) is 0 Å². The average Bonchev–Trinajstić information content (AvgIpc) is 3.76. The van der Waals surface area contributed by atoms with Crippen molar-refractivity contribution in [2.24, 2.45) is 0 Å². The van der Waals surface area contributed by atoms with Crippen LogP contribution in [-0.2, 0) is 27.4 Å². The predicted molar refractivity (Wildman–Crippen MR) is 156 cm³/mol. The topological polar surface area (TPSA) is 115 Å². The minimum absolute atomic E-state index is 0.0172. The zero-order valence-corrected chi connectivity index (χ0v) is 24.8. The molecule has 2 N–H and O–H groups in total. The summed E-state index contributed by atoms with van der Waals surface area (Å²) in [6.45, 7) is 3.06. The first-order valence-corrected chi connectivity index (χ1v) is 15.2. The molecule has 1 aliphatic rings. The third kappa shape index (κ3) is 9.12. The summed E-state index contributed by atoms with van der Waals surface area (Å²) >= 11 is 3.16. The Hall–Kier alpha value is -3.77. The lowest BCUT2D eigenvalue weighted by atomic mass is 10.0. The van der Waals surface area contributed by atoms with E-state index in [1.165, 1.54) is 7.11 Å². The molecule has 0 radical (unpaired) electrons. The summed E-state index contributed by atoms with van der Waals surface area (Å²) in [5.41, 5.74) is 0.670. The summed E-state index contributed by atoms with van der Waals surface area (Å²) in [4.78, 5) is 42.2. The Morgan fingerprint density at radius 3 is 2.34 bits per heavy atom. The average molecular weight is 602 g/mol. The number of ether oxygens (including phenoxy) is 4.